The maximum Gasteiger partial charge on any atom is 0.325 e. The topological polar surface area (TPSA) is 93.0 Å². The molecular weight excluding hydrogens is 380 g/mol. The van der Waals surface area contributed by atoms with Crippen molar-refractivity contribution in [3.05, 3.63) is 63.5 Å². The molecule has 0 saturated carbocycles. The van der Waals surface area contributed by atoms with E-state index in [2.05, 4.69) is 10.3 Å². The predicted octanol–water partition coefficient (Wildman–Crippen LogP) is 1.82. The Morgan fingerprint density at radius 2 is 2.04 bits per heavy atom. The van der Waals surface area contributed by atoms with Gasteiger partial charge in [0.05, 0.1) is 19.3 Å². The molecule has 3 aromatic rings. The average molecular weight is 398 g/mol. The lowest BCUT2D eigenvalue weighted by molar-refractivity contribution is -0.131. The Morgan fingerprint density at radius 3 is 2.82 bits per heavy atom. The minimum Gasteiger partial charge on any atom is -0.496 e. The van der Waals surface area contributed by atoms with E-state index < -0.39 is 11.6 Å². The first kappa shape index (κ1) is 18.2. The summed E-state index contributed by atoms with van der Waals surface area (Å²) in [7, 11) is 1.56. The van der Waals surface area contributed by atoms with E-state index in [1.165, 1.54) is 21.8 Å². The number of thiazole rings is 1. The van der Waals surface area contributed by atoms with Gasteiger partial charge in [-0.2, -0.15) is 0 Å². The molecule has 1 fully saturated rings. The summed E-state index contributed by atoms with van der Waals surface area (Å²) in [6, 6.07) is 8.21. The van der Waals surface area contributed by atoms with Crippen LogP contribution in [0.2, 0.25) is 0 Å². The van der Waals surface area contributed by atoms with Gasteiger partial charge < -0.3 is 10.1 Å². The number of urea groups is 1. The molecule has 28 heavy (non-hydrogen) atoms. The summed E-state index contributed by atoms with van der Waals surface area (Å²) in [4.78, 5) is 43.7. The molecule has 1 N–H and O–H groups in total. The number of rotatable bonds is 5. The number of amides is 3. The van der Waals surface area contributed by atoms with Crippen molar-refractivity contribution in [3.8, 4) is 5.75 Å². The van der Waals surface area contributed by atoms with Gasteiger partial charge in [-0.3, -0.25) is 18.9 Å². The Hall–Kier alpha value is -3.20. The van der Waals surface area contributed by atoms with E-state index in [0.29, 0.717) is 16.4 Å². The average Bonchev–Trinajstić information content (AvgIpc) is 3.21. The first-order chi connectivity index (χ1) is 13.4. The summed E-state index contributed by atoms with van der Waals surface area (Å²) in [5.74, 6) is 0.290. The zero-order valence-electron chi connectivity index (χ0n) is 15.3. The maximum absolute atomic E-state index is 13.0. The molecule has 0 unspecified atom stereocenters. The number of nitrogens with one attached hydrogen (secondary N) is 1. The molecule has 2 aromatic heterocycles. The molecule has 1 aromatic carbocycles. The fourth-order valence-electron chi connectivity index (χ4n) is 3.37. The largest absolute Gasteiger partial charge is 0.496 e. The number of fused-ring (bicyclic) bond motifs is 1. The van der Waals surface area contributed by atoms with Gasteiger partial charge in [0.15, 0.2) is 4.96 Å². The van der Waals surface area contributed by atoms with Crippen molar-refractivity contribution in [2.24, 2.45) is 0 Å². The van der Waals surface area contributed by atoms with Crippen molar-refractivity contribution in [2.45, 2.75) is 25.4 Å². The fraction of sp³-hybridized carbons (Fsp3) is 0.263. The van der Waals surface area contributed by atoms with Crippen LogP contribution in [0, 0.1) is 0 Å². The van der Waals surface area contributed by atoms with Crippen molar-refractivity contribution in [3.63, 3.8) is 0 Å². The van der Waals surface area contributed by atoms with Gasteiger partial charge in [-0.05, 0) is 18.6 Å². The summed E-state index contributed by atoms with van der Waals surface area (Å²) in [5.41, 5.74) is -0.157. The van der Waals surface area contributed by atoms with Gasteiger partial charge in [-0.15, -0.1) is 11.3 Å². The van der Waals surface area contributed by atoms with Crippen molar-refractivity contribution >= 4 is 28.2 Å². The van der Waals surface area contributed by atoms with Crippen LogP contribution < -0.4 is 15.6 Å². The van der Waals surface area contributed by atoms with Crippen LogP contribution in [0.4, 0.5) is 4.79 Å². The van der Waals surface area contributed by atoms with Crippen molar-refractivity contribution in [1.29, 1.82) is 0 Å². The first-order valence-corrected chi connectivity index (χ1v) is 9.51. The lowest BCUT2D eigenvalue weighted by Gasteiger charge is -2.22. The first-order valence-electron chi connectivity index (χ1n) is 8.63. The lowest BCUT2D eigenvalue weighted by Crippen LogP contribution is -2.46. The number of hydrogen-bond acceptors (Lipinski definition) is 6. The molecule has 0 bridgehead atoms. The molecule has 3 heterocycles. The third kappa shape index (κ3) is 3.03. The van der Waals surface area contributed by atoms with Crippen LogP contribution in [-0.4, -0.2) is 38.9 Å². The lowest BCUT2D eigenvalue weighted by atomic mass is 9.92. The highest BCUT2D eigenvalue weighted by molar-refractivity contribution is 7.15. The second-order valence-electron chi connectivity index (χ2n) is 6.78. The Morgan fingerprint density at radius 1 is 1.25 bits per heavy atom. The molecule has 9 heteroatoms. The van der Waals surface area contributed by atoms with Crippen LogP contribution in [0.3, 0.4) is 0 Å². The number of aromatic nitrogens is 2. The fourth-order valence-corrected chi connectivity index (χ4v) is 4.11. The number of methoxy groups -OCH3 is 1. The number of benzene rings is 1. The molecule has 1 saturated heterocycles. The quantitative estimate of drug-likeness (QED) is 0.662. The molecule has 0 spiro atoms. The van der Waals surface area contributed by atoms with Crippen LogP contribution in [-0.2, 0) is 17.8 Å². The van der Waals surface area contributed by atoms with Gasteiger partial charge in [0, 0.05) is 24.1 Å². The van der Waals surface area contributed by atoms with Crippen molar-refractivity contribution in [2.75, 3.05) is 7.11 Å². The standard InChI is InChI=1S/C19H18N4O4S/c1-19(10-12-5-3-4-6-14(12)27-2)16(25)23(17(26)21-19)11-13-9-15(24)22-7-8-28-18(22)20-13/h3-9H,10-11H2,1-2H3,(H,21,26)/t19-/m1/s1. The second kappa shape index (κ2) is 6.75. The van der Waals surface area contributed by atoms with E-state index >= 15 is 0 Å². The van der Waals surface area contributed by atoms with Crippen molar-refractivity contribution < 1.29 is 14.3 Å². The zero-order valence-corrected chi connectivity index (χ0v) is 16.2. The van der Waals surface area contributed by atoms with Crippen LogP contribution in [0.25, 0.3) is 4.96 Å². The number of para-hydroxylation sites is 1. The third-order valence-corrected chi connectivity index (χ3v) is 5.51. The van der Waals surface area contributed by atoms with Gasteiger partial charge in [-0.25, -0.2) is 9.78 Å². The number of hydrogen-bond donors (Lipinski definition) is 1. The third-order valence-electron chi connectivity index (χ3n) is 4.76. The molecule has 1 aliphatic heterocycles. The van der Waals surface area contributed by atoms with E-state index in [0.717, 1.165) is 10.5 Å². The molecule has 0 aliphatic carbocycles. The Bertz CT molecular complexity index is 1140. The molecule has 1 atom stereocenters. The van der Waals surface area contributed by atoms with E-state index in [-0.39, 0.29) is 24.4 Å². The number of nitrogens with zero attached hydrogens (tertiary/aromatic N) is 3. The molecule has 8 nitrogen and oxygen atoms in total. The minimum absolute atomic E-state index is 0.0597. The molecule has 0 radical (unpaired) electrons. The van der Waals surface area contributed by atoms with Gasteiger partial charge in [0.25, 0.3) is 11.5 Å². The van der Waals surface area contributed by atoms with E-state index in [9.17, 15) is 14.4 Å². The molecular formula is C19H18N4O4S. The summed E-state index contributed by atoms with van der Waals surface area (Å²) in [5, 5.41) is 4.53. The number of carbonyl (C=O) groups excluding carboxylic acids is 2. The van der Waals surface area contributed by atoms with Gasteiger partial charge in [0.2, 0.25) is 0 Å². The zero-order chi connectivity index (χ0) is 19.9. The Kier molecular flexibility index (Phi) is 4.38. The summed E-state index contributed by atoms with van der Waals surface area (Å²) in [6.45, 7) is 1.63. The summed E-state index contributed by atoms with van der Waals surface area (Å²) < 4.78 is 6.77. The minimum atomic E-state index is -1.10. The van der Waals surface area contributed by atoms with Crippen molar-refractivity contribution in [1.82, 2.24) is 19.6 Å². The predicted molar refractivity (Wildman–Crippen MR) is 104 cm³/mol. The summed E-state index contributed by atoms with van der Waals surface area (Å²) >= 11 is 1.31. The smallest absolute Gasteiger partial charge is 0.325 e. The Labute approximate surface area is 164 Å². The van der Waals surface area contributed by atoms with Crippen LogP contribution in [0.5, 0.6) is 5.75 Å². The van der Waals surface area contributed by atoms with E-state index in [1.54, 1.807) is 25.6 Å². The van der Waals surface area contributed by atoms with E-state index in [4.69, 9.17) is 4.74 Å². The SMILES string of the molecule is COc1ccccc1C[C@@]1(C)NC(=O)N(Cc2cc(=O)n3ccsc3n2)C1=O. The number of ether oxygens (including phenoxy) is 1. The van der Waals surface area contributed by atoms with Gasteiger partial charge in [0.1, 0.15) is 11.3 Å². The van der Waals surface area contributed by atoms with E-state index in [1.807, 2.05) is 24.3 Å². The normalized spacial score (nSPS) is 19.3. The summed E-state index contributed by atoms with van der Waals surface area (Å²) in [6.07, 6.45) is 1.93. The molecule has 1 aliphatic rings. The molecule has 3 amide bonds. The highest BCUT2D eigenvalue weighted by atomic mass is 32.1. The molecule has 4 rings (SSSR count). The van der Waals surface area contributed by atoms with Crippen LogP contribution in [0.15, 0.2) is 46.7 Å². The van der Waals surface area contributed by atoms with Gasteiger partial charge >= 0.3 is 6.03 Å². The second-order valence-corrected chi connectivity index (χ2v) is 7.66. The number of carbonyl (C=O) groups is 2. The number of imide groups is 1. The maximum atomic E-state index is 13.0. The Balaban J connectivity index is 1.60. The highest BCUT2D eigenvalue weighted by Gasteiger charge is 2.48. The highest BCUT2D eigenvalue weighted by Crippen LogP contribution is 2.28. The van der Waals surface area contributed by atoms with Crippen LogP contribution in [0.1, 0.15) is 18.2 Å². The van der Waals surface area contributed by atoms with Gasteiger partial charge in [-0.1, -0.05) is 18.2 Å². The monoisotopic (exact) mass is 398 g/mol. The molecule has 144 valence electrons. The van der Waals surface area contributed by atoms with Crippen LogP contribution >= 0.6 is 11.3 Å².